The molecule has 1 aliphatic heterocycles. The Morgan fingerprint density at radius 3 is 2.57 bits per heavy atom. The van der Waals surface area contributed by atoms with Crippen molar-refractivity contribution in [2.75, 3.05) is 18.4 Å². The molecule has 3 heteroatoms. The molecule has 0 aromatic carbocycles. The zero-order valence-corrected chi connectivity index (χ0v) is 14.8. The average molecular weight is 354 g/mol. The Bertz CT molecular complexity index is 434. The van der Waals surface area contributed by atoms with Crippen LogP contribution in [-0.2, 0) is 4.79 Å². The molecule has 0 radical (unpaired) electrons. The second kappa shape index (κ2) is 4.97. The lowest BCUT2D eigenvalue weighted by Gasteiger charge is -2.61. The van der Waals surface area contributed by atoms with Crippen LogP contribution in [0.2, 0.25) is 0 Å². The van der Waals surface area contributed by atoms with Crippen molar-refractivity contribution in [3.63, 3.8) is 0 Å². The van der Waals surface area contributed by atoms with Crippen LogP contribution in [0.15, 0.2) is 0 Å². The summed E-state index contributed by atoms with van der Waals surface area (Å²) in [5.41, 5.74) is 0.511. The van der Waals surface area contributed by atoms with Crippen molar-refractivity contribution in [3.05, 3.63) is 0 Å². The maximum Gasteiger partial charge on any atom is 0.228 e. The molecule has 2 nitrogen and oxygen atoms in total. The topological polar surface area (TPSA) is 20.3 Å². The third kappa shape index (κ3) is 2.38. The van der Waals surface area contributed by atoms with Crippen molar-refractivity contribution in [2.45, 2.75) is 58.3 Å². The van der Waals surface area contributed by atoms with E-state index in [2.05, 4.69) is 27.8 Å². The van der Waals surface area contributed by atoms with Crippen LogP contribution < -0.4 is 0 Å². The van der Waals surface area contributed by atoms with Gasteiger partial charge < -0.3 is 4.90 Å². The minimum absolute atomic E-state index is 0.0348. The first-order valence-corrected chi connectivity index (χ1v) is 9.99. The summed E-state index contributed by atoms with van der Waals surface area (Å²) in [7, 11) is 0. The fourth-order valence-electron chi connectivity index (χ4n) is 6.68. The van der Waals surface area contributed by atoms with Crippen LogP contribution in [0.3, 0.4) is 0 Å². The first-order valence-electron chi connectivity index (χ1n) is 8.87. The minimum Gasteiger partial charge on any atom is -0.342 e. The van der Waals surface area contributed by atoms with Gasteiger partial charge in [0.1, 0.15) is 0 Å². The number of carbonyl (C=O) groups excluding carboxylic acids is 1. The molecule has 0 aromatic heterocycles. The van der Waals surface area contributed by atoms with E-state index in [1.54, 1.807) is 0 Å². The summed E-state index contributed by atoms with van der Waals surface area (Å²) in [4.78, 5) is 15.6. The molecular formula is C18H28BrNO. The first-order chi connectivity index (χ1) is 10.0. The number of carbonyl (C=O) groups is 1. The zero-order valence-electron chi connectivity index (χ0n) is 13.2. The van der Waals surface area contributed by atoms with E-state index in [0.29, 0.717) is 17.2 Å². The van der Waals surface area contributed by atoms with Gasteiger partial charge in [-0.1, -0.05) is 22.9 Å². The normalized spacial score (nSPS) is 48.7. The van der Waals surface area contributed by atoms with Crippen molar-refractivity contribution in [1.82, 2.24) is 4.90 Å². The van der Waals surface area contributed by atoms with E-state index < -0.39 is 0 Å². The maximum absolute atomic E-state index is 13.4. The molecule has 1 saturated heterocycles. The maximum atomic E-state index is 13.4. The van der Waals surface area contributed by atoms with Gasteiger partial charge in [0.2, 0.25) is 5.91 Å². The highest BCUT2D eigenvalue weighted by Crippen LogP contribution is 2.65. The third-order valence-corrected chi connectivity index (χ3v) is 7.75. The monoisotopic (exact) mass is 353 g/mol. The number of nitrogens with zero attached hydrogens (tertiary/aromatic N) is 1. The molecule has 1 heterocycles. The molecule has 4 saturated carbocycles. The molecule has 0 spiro atoms. The standard InChI is InChI=1S/C18H28BrNO/c1-17-6-14-5-15(7-17)9-18(8-14,12-17)16(21)20-4-2-3-13(10-19)11-20/h13-15H,2-12H2,1H3. The summed E-state index contributed by atoms with van der Waals surface area (Å²) in [6, 6.07) is 0. The van der Waals surface area contributed by atoms with E-state index in [1.165, 1.54) is 51.4 Å². The predicted octanol–water partition coefficient (Wildman–Crippen LogP) is 4.23. The van der Waals surface area contributed by atoms with Crippen LogP contribution >= 0.6 is 15.9 Å². The largest absolute Gasteiger partial charge is 0.342 e. The minimum atomic E-state index is 0.0348. The van der Waals surface area contributed by atoms with Gasteiger partial charge in [-0.05, 0) is 74.5 Å². The zero-order chi connectivity index (χ0) is 14.7. The Morgan fingerprint density at radius 1 is 1.24 bits per heavy atom. The van der Waals surface area contributed by atoms with E-state index in [1.807, 2.05) is 0 Å². The molecule has 0 N–H and O–H groups in total. The third-order valence-electron chi connectivity index (χ3n) is 6.83. The van der Waals surface area contributed by atoms with E-state index in [9.17, 15) is 4.79 Å². The van der Waals surface area contributed by atoms with E-state index >= 15 is 0 Å². The Hall–Kier alpha value is -0.0500. The number of rotatable bonds is 2. The molecular weight excluding hydrogens is 326 g/mol. The van der Waals surface area contributed by atoms with E-state index in [-0.39, 0.29) is 5.41 Å². The van der Waals surface area contributed by atoms with Crippen molar-refractivity contribution in [3.8, 4) is 0 Å². The number of hydrogen-bond acceptors (Lipinski definition) is 1. The van der Waals surface area contributed by atoms with Crippen LogP contribution in [0.4, 0.5) is 0 Å². The summed E-state index contributed by atoms with van der Waals surface area (Å²) in [5.74, 6) is 2.90. The van der Waals surface area contributed by atoms with Crippen molar-refractivity contribution < 1.29 is 4.79 Å². The van der Waals surface area contributed by atoms with Crippen LogP contribution in [0.1, 0.15) is 58.3 Å². The fraction of sp³-hybridized carbons (Fsp3) is 0.944. The lowest BCUT2D eigenvalue weighted by Crippen LogP contribution is -2.58. The molecule has 118 valence electrons. The Kier molecular flexibility index (Phi) is 3.44. The fourth-order valence-corrected chi connectivity index (χ4v) is 7.21. The average Bonchev–Trinajstić information content (AvgIpc) is 2.44. The summed E-state index contributed by atoms with van der Waals surface area (Å²) in [6.07, 6.45) is 10.3. The van der Waals surface area contributed by atoms with E-state index in [4.69, 9.17) is 0 Å². The van der Waals surface area contributed by atoms with Gasteiger partial charge in [0, 0.05) is 18.4 Å². The van der Waals surface area contributed by atoms with Gasteiger partial charge in [-0.2, -0.15) is 0 Å². The Morgan fingerprint density at radius 2 is 1.95 bits per heavy atom. The second-order valence-electron chi connectivity index (χ2n) is 8.97. The first kappa shape index (κ1) is 14.5. The molecule has 5 rings (SSSR count). The molecule has 21 heavy (non-hydrogen) atoms. The highest BCUT2D eigenvalue weighted by molar-refractivity contribution is 9.09. The number of amides is 1. The molecule has 0 aromatic rings. The SMILES string of the molecule is CC12CC3CC(C1)CC(C(=O)N1CCCC(CBr)C1)(C3)C2. The highest BCUT2D eigenvalue weighted by atomic mass is 79.9. The summed E-state index contributed by atoms with van der Waals surface area (Å²) in [6.45, 7) is 4.47. The number of alkyl halides is 1. The predicted molar refractivity (Wildman–Crippen MR) is 88.3 cm³/mol. The smallest absolute Gasteiger partial charge is 0.228 e. The van der Waals surface area contributed by atoms with Crippen molar-refractivity contribution >= 4 is 21.8 Å². The molecule has 4 aliphatic carbocycles. The summed E-state index contributed by atoms with van der Waals surface area (Å²) >= 11 is 3.62. The van der Waals surface area contributed by atoms with Gasteiger partial charge in [-0.25, -0.2) is 0 Å². The lowest BCUT2D eigenvalue weighted by atomic mass is 9.44. The van der Waals surface area contributed by atoms with Crippen LogP contribution in [0.25, 0.3) is 0 Å². The number of halogens is 1. The van der Waals surface area contributed by atoms with Crippen LogP contribution in [0.5, 0.6) is 0 Å². The number of hydrogen-bond donors (Lipinski definition) is 0. The van der Waals surface area contributed by atoms with Gasteiger partial charge in [0.05, 0.1) is 5.41 Å². The van der Waals surface area contributed by atoms with Crippen LogP contribution in [0, 0.1) is 28.6 Å². The summed E-state index contributed by atoms with van der Waals surface area (Å²) in [5, 5.41) is 1.05. The van der Waals surface area contributed by atoms with Crippen molar-refractivity contribution in [2.24, 2.45) is 28.6 Å². The molecule has 1 amide bonds. The van der Waals surface area contributed by atoms with Crippen LogP contribution in [-0.4, -0.2) is 29.2 Å². The molecule has 5 aliphatic rings. The lowest BCUT2D eigenvalue weighted by molar-refractivity contribution is -0.167. The van der Waals surface area contributed by atoms with Crippen molar-refractivity contribution in [1.29, 1.82) is 0 Å². The van der Waals surface area contributed by atoms with E-state index in [0.717, 1.165) is 30.3 Å². The second-order valence-corrected chi connectivity index (χ2v) is 9.61. The highest BCUT2D eigenvalue weighted by Gasteiger charge is 2.59. The molecule has 3 atom stereocenters. The molecule has 3 unspecified atom stereocenters. The van der Waals surface area contributed by atoms with Gasteiger partial charge in [-0.3, -0.25) is 4.79 Å². The van der Waals surface area contributed by atoms with Gasteiger partial charge in [-0.15, -0.1) is 0 Å². The number of likely N-dealkylation sites (tertiary alicyclic amines) is 1. The summed E-state index contributed by atoms with van der Waals surface area (Å²) < 4.78 is 0. The Balaban J connectivity index is 1.56. The number of piperidine rings is 1. The van der Waals surface area contributed by atoms with Gasteiger partial charge in [0.15, 0.2) is 0 Å². The molecule has 5 fully saturated rings. The quantitative estimate of drug-likeness (QED) is 0.680. The van der Waals surface area contributed by atoms with Gasteiger partial charge in [0.25, 0.3) is 0 Å². The Labute approximate surface area is 137 Å². The molecule has 4 bridgehead atoms. The van der Waals surface area contributed by atoms with Gasteiger partial charge >= 0.3 is 0 Å².